The first-order valence-electron chi connectivity index (χ1n) is 6.14. The zero-order chi connectivity index (χ0) is 16.2. The van der Waals surface area contributed by atoms with Gasteiger partial charge in [0.05, 0.1) is 5.69 Å². The molecule has 22 heavy (non-hydrogen) atoms. The van der Waals surface area contributed by atoms with Crippen molar-refractivity contribution in [3.63, 3.8) is 0 Å². The maximum Gasteiger partial charge on any atom is 0.422 e. The molecule has 1 amide bonds. The van der Waals surface area contributed by atoms with Gasteiger partial charge in [-0.1, -0.05) is 6.07 Å². The van der Waals surface area contributed by atoms with E-state index in [1.165, 1.54) is 23.1 Å². The fourth-order valence-electron chi connectivity index (χ4n) is 1.60. The van der Waals surface area contributed by atoms with Crippen LogP contribution in [0.1, 0.15) is 5.56 Å². The Kier molecular flexibility index (Phi) is 4.59. The molecule has 118 valence electrons. The minimum atomic E-state index is -4.46. The summed E-state index contributed by atoms with van der Waals surface area (Å²) in [6.07, 6.45) is -3.22. The number of carbonyl (C=O) groups is 1. The molecule has 0 saturated carbocycles. The quantitative estimate of drug-likeness (QED) is 0.905. The monoisotopic (exact) mass is 315 g/mol. The summed E-state index contributed by atoms with van der Waals surface area (Å²) < 4.78 is 42.7. The molecule has 0 radical (unpaired) electrons. The number of hydrogen-bond donors (Lipinski definition) is 1. The summed E-state index contributed by atoms with van der Waals surface area (Å²) in [4.78, 5) is 11.8. The molecule has 0 aliphatic carbocycles. The number of nitrogens with zero attached hydrogens (tertiary/aromatic N) is 4. The molecule has 2 aromatic rings. The molecular formula is C12H12F3N5O2. The lowest BCUT2D eigenvalue weighted by atomic mass is 10.2. The van der Waals surface area contributed by atoms with Crippen LogP contribution in [-0.2, 0) is 11.3 Å². The largest absolute Gasteiger partial charge is 0.482 e. The molecule has 0 saturated heterocycles. The van der Waals surface area contributed by atoms with E-state index in [0.29, 0.717) is 5.56 Å². The number of nitrogens with one attached hydrogen (secondary N) is 1. The zero-order valence-corrected chi connectivity index (χ0v) is 11.5. The summed E-state index contributed by atoms with van der Waals surface area (Å²) in [7, 11) is 0. The molecule has 0 aliphatic rings. The van der Waals surface area contributed by atoms with E-state index in [9.17, 15) is 18.0 Å². The SMILES string of the molecule is Cc1ccc(NC(=O)Cn2cnnn2)c(OCC(F)(F)F)c1. The molecule has 0 bridgehead atoms. The second-order valence-electron chi connectivity index (χ2n) is 4.46. The first kappa shape index (κ1) is 15.7. The third-order valence-electron chi connectivity index (χ3n) is 2.50. The smallest absolute Gasteiger partial charge is 0.422 e. The molecule has 1 N–H and O–H groups in total. The Morgan fingerprint density at radius 2 is 2.18 bits per heavy atom. The molecule has 0 fully saturated rings. The number of hydrogen-bond acceptors (Lipinski definition) is 5. The number of tetrazole rings is 1. The summed E-state index contributed by atoms with van der Waals surface area (Å²) in [6.45, 7) is 0.0963. The molecular weight excluding hydrogens is 303 g/mol. The van der Waals surface area contributed by atoms with Crippen LogP contribution in [0.15, 0.2) is 24.5 Å². The molecule has 10 heteroatoms. The van der Waals surface area contributed by atoms with Gasteiger partial charge in [0.2, 0.25) is 5.91 Å². The van der Waals surface area contributed by atoms with Crippen LogP contribution in [-0.4, -0.2) is 38.9 Å². The van der Waals surface area contributed by atoms with E-state index < -0.39 is 18.7 Å². The van der Waals surface area contributed by atoms with E-state index in [1.54, 1.807) is 13.0 Å². The van der Waals surface area contributed by atoms with Crippen molar-refractivity contribution in [2.75, 3.05) is 11.9 Å². The fourth-order valence-corrected chi connectivity index (χ4v) is 1.60. The van der Waals surface area contributed by atoms with Crippen molar-refractivity contribution in [2.24, 2.45) is 0 Å². The Hall–Kier alpha value is -2.65. The number of carbonyl (C=O) groups excluding carboxylic acids is 1. The Labute approximate surface area is 123 Å². The first-order chi connectivity index (χ1) is 10.3. The van der Waals surface area contributed by atoms with Crippen LogP contribution >= 0.6 is 0 Å². The van der Waals surface area contributed by atoms with Gasteiger partial charge in [-0.15, -0.1) is 5.10 Å². The van der Waals surface area contributed by atoms with E-state index in [1.807, 2.05) is 0 Å². The van der Waals surface area contributed by atoms with E-state index in [2.05, 4.69) is 20.8 Å². The highest BCUT2D eigenvalue weighted by molar-refractivity contribution is 5.92. The summed E-state index contributed by atoms with van der Waals surface area (Å²) >= 11 is 0. The predicted octanol–water partition coefficient (Wildman–Crippen LogP) is 1.56. The van der Waals surface area contributed by atoms with Gasteiger partial charge in [0.1, 0.15) is 18.6 Å². The second kappa shape index (κ2) is 6.41. The maximum absolute atomic E-state index is 12.3. The highest BCUT2D eigenvalue weighted by Crippen LogP contribution is 2.27. The Morgan fingerprint density at radius 1 is 1.41 bits per heavy atom. The highest BCUT2D eigenvalue weighted by atomic mass is 19.4. The zero-order valence-electron chi connectivity index (χ0n) is 11.5. The number of aromatic nitrogens is 4. The van der Waals surface area contributed by atoms with Crippen LogP contribution in [0.4, 0.5) is 18.9 Å². The summed E-state index contributed by atoms with van der Waals surface area (Å²) in [6, 6.07) is 4.53. The van der Waals surface area contributed by atoms with Gasteiger partial charge in [0, 0.05) is 0 Å². The Morgan fingerprint density at radius 3 is 2.82 bits per heavy atom. The lowest BCUT2D eigenvalue weighted by molar-refractivity contribution is -0.153. The molecule has 0 atom stereocenters. The van der Waals surface area contributed by atoms with Crippen LogP contribution in [0.3, 0.4) is 0 Å². The second-order valence-corrected chi connectivity index (χ2v) is 4.46. The predicted molar refractivity (Wildman–Crippen MR) is 69.2 cm³/mol. The third kappa shape index (κ3) is 4.72. The summed E-state index contributed by atoms with van der Waals surface area (Å²) in [5, 5.41) is 12.7. The summed E-state index contributed by atoms with van der Waals surface area (Å²) in [5.41, 5.74) is 0.851. The van der Waals surface area contributed by atoms with Crippen molar-refractivity contribution in [3.8, 4) is 5.75 Å². The van der Waals surface area contributed by atoms with E-state index in [0.717, 1.165) is 0 Å². The van der Waals surface area contributed by atoms with Crippen molar-refractivity contribution >= 4 is 11.6 Å². The summed E-state index contributed by atoms with van der Waals surface area (Å²) in [5.74, 6) is -0.546. The number of halogens is 3. The molecule has 7 nitrogen and oxygen atoms in total. The minimum Gasteiger partial charge on any atom is -0.482 e. The maximum atomic E-state index is 12.3. The Bertz CT molecular complexity index is 643. The van der Waals surface area contributed by atoms with E-state index in [-0.39, 0.29) is 18.0 Å². The van der Waals surface area contributed by atoms with Gasteiger partial charge in [-0.2, -0.15) is 13.2 Å². The molecule has 1 heterocycles. The van der Waals surface area contributed by atoms with Crippen molar-refractivity contribution in [2.45, 2.75) is 19.6 Å². The first-order valence-corrected chi connectivity index (χ1v) is 6.14. The highest BCUT2D eigenvalue weighted by Gasteiger charge is 2.29. The number of alkyl halides is 3. The average molecular weight is 315 g/mol. The number of rotatable bonds is 5. The molecule has 0 aliphatic heterocycles. The van der Waals surface area contributed by atoms with Crippen molar-refractivity contribution < 1.29 is 22.7 Å². The molecule has 2 rings (SSSR count). The van der Waals surface area contributed by atoms with Gasteiger partial charge in [0.15, 0.2) is 6.61 Å². The van der Waals surface area contributed by atoms with Crippen LogP contribution in [0.5, 0.6) is 5.75 Å². The van der Waals surface area contributed by atoms with Crippen LogP contribution in [0.25, 0.3) is 0 Å². The average Bonchev–Trinajstić information content (AvgIpc) is 2.91. The third-order valence-corrected chi connectivity index (χ3v) is 2.50. The number of amides is 1. The number of anilines is 1. The molecule has 0 spiro atoms. The lowest BCUT2D eigenvalue weighted by Crippen LogP contribution is -2.22. The number of ether oxygens (including phenoxy) is 1. The van der Waals surface area contributed by atoms with Crippen LogP contribution in [0.2, 0.25) is 0 Å². The van der Waals surface area contributed by atoms with Gasteiger partial charge in [-0.05, 0) is 35.0 Å². The Balaban J connectivity index is 2.07. The van der Waals surface area contributed by atoms with Gasteiger partial charge in [0.25, 0.3) is 0 Å². The van der Waals surface area contributed by atoms with Crippen LogP contribution < -0.4 is 10.1 Å². The number of aryl methyl sites for hydroxylation is 1. The number of benzene rings is 1. The van der Waals surface area contributed by atoms with Crippen molar-refractivity contribution in [1.82, 2.24) is 20.2 Å². The van der Waals surface area contributed by atoms with Crippen molar-refractivity contribution in [3.05, 3.63) is 30.1 Å². The molecule has 1 aromatic heterocycles. The van der Waals surface area contributed by atoms with Crippen molar-refractivity contribution in [1.29, 1.82) is 0 Å². The minimum absolute atomic E-state index is 0.0533. The molecule has 0 unspecified atom stereocenters. The normalized spacial score (nSPS) is 11.3. The molecule has 1 aromatic carbocycles. The lowest BCUT2D eigenvalue weighted by Gasteiger charge is -2.14. The van der Waals surface area contributed by atoms with Gasteiger partial charge < -0.3 is 10.1 Å². The van der Waals surface area contributed by atoms with Gasteiger partial charge in [-0.25, -0.2) is 4.68 Å². The topological polar surface area (TPSA) is 81.9 Å². The fraction of sp³-hybridized carbons (Fsp3) is 0.333. The van der Waals surface area contributed by atoms with E-state index in [4.69, 9.17) is 4.74 Å². The van der Waals surface area contributed by atoms with Gasteiger partial charge >= 0.3 is 6.18 Å². The van der Waals surface area contributed by atoms with Gasteiger partial charge in [-0.3, -0.25) is 4.79 Å². The standard InChI is InChI=1S/C12H12F3N5O2/c1-8-2-3-9(10(4-8)22-6-12(13,14)15)17-11(21)5-20-7-16-18-19-20/h2-4,7H,5-6H2,1H3,(H,17,21). The van der Waals surface area contributed by atoms with Crippen LogP contribution in [0, 0.1) is 6.92 Å². The van der Waals surface area contributed by atoms with E-state index >= 15 is 0 Å².